The number of hydrogen-bond donors (Lipinski definition) is 1. The summed E-state index contributed by atoms with van der Waals surface area (Å²) in [5.74, 6) is 0.549. The molecule has 134 valence electrons. The maximum Gasteiger partial charge on any atom is 0.275 e. The molecule has 0 aliphatic heterocycles. The summed E-state index contributed by atoms with van der Waals surface area (Å²) < 4.78 is 5.17. The standard InChI is InChI=1S/C21H17N3O2S/c1-13-5-10-17(16-4-3-11-22-19(13)16)23-20(25)18-12-27-21(24-18)14-6-8-15(26-2)9-7-14/h3-12H,1-2H3,(H,23,25). The molecule has 2 aromatic heterocycles. The molecular weight excluding hydrogens is 358 g/mol. The molecule has 0 saturated heterocycles. The Morgan fingerprint density at radius 1 is 1.11 bits per heavy atom. The molecule has 2 heterocycles. The molecule has 4 rings (SSSR count). The summed E-state index contributed by atoms with van der Waals surface area (Å²) in [4.78, 5) is 21.6. The van der Waals surface area contributed by atoms with Crippen LogP contribution >= 0.6 is 11.3 Å². The fraction of sp³-hybridized carbons (Fsp3) is 0.0952. The van der Waals surface area contributed by atoms with Crippen LogP contribution in [0.4, 0.5) is 5.69 Å². The molecule has 4 aromatic rings. The van der Waals surface area contributed by atoms with E-state index in [2.05, 4.69) is 15.3 Å². The summed E-state index contributed by atoms with van der Waals surface area (Å²) in [6.45, 7) is 2.00. The molecule has 0 aliphatic rings. The minimum absolute atomic E-state index is 0.236. The molecule has 0 aliphatic carbocycles. The Kier molecular flexibility index (Phi) is 4.56. The van der Waals surface area contributed by atoms with Gasteiger partial charge in [0.15, 0.2) is 0 Å². The van der Waals surface area contributed by atoms with Crippen LogP contribution in [0.25, 0.3) is 21.5 Å². The largest absolute Gasteiger partial charge is 0.497 e. The Morgan fingerprint density at radius 2 is 1.93 bits per heavy atom. The van der Waals surface area contributed by atoms with Crippen molar-refractivity contribution >= 4 is 33.8 Å². The van der Waals surface area contributed by atoms with Crippen molar-refractivity contribution in [1.29, 1.82) is 0 Å². The van der Waals surface area contributed by atoms with Crippen molar-refractivity contribution in [3.05, 3.63) is 71.4 Å². The first-order chi connectivity index (χ1) is 13.2. The predicted octanol–water partition coefficient (Wildman–Crippen LogP) is 4.93. The number of anilines is 1. The smallest absolute Gasteiger partial charge is 0.275 e. The summed E-state index contributed by atoms with van der Waals surface area (Å²) in [5, 5.41) is 6.43. The van der Waals surface area contributed by atoms with E-state index in [-0.39, 0.29) is 5.91 Å². The van der Waals surface area contributed by atoms with Gasteiger partial charge >= 0.3 is 0 Å². The number of nitrogens with one attached hydrogen (secondary N) is 1. The molecule has 6 heteroatoms. The van der Waals surface area contributed by atoms with Crippen molar-refractivity contribution in [1.82, 2.24) is 9.97 Å². The summed E-state index contributed by atoms with van der Waals surface area (Å²) >= 11 is 1.44. The molecule has 0 bridgehead atoms. The molecule has 5 nitrogen and oxygen atoms in total. The van der Waals surface area contributed by atoms with Gasteiger partial charge in [-0.3, -0.25) is 9.78 Å². The van der Waals surface area contributed by atoms with E-state index < -0.39 is 0 Å². The lowest BCUT2D eigenvalue weighted by Crippen LogP contribution is -2.12. The number of pyridine rings is 1. The van der Waals surface area contributed by atoms with Gasteiger partial charge in [-0.1, -0.05) is 6.07 Å². The number of carbonyl (C=O) groups is 1. The second-order valence-electron chi connectivity index (χ2n) is 6.05. The van der Waals surface area contributed by atoms with Crippen molar-refractivity contribution in [2.45, 2.75) is 6.92 Å². The number of hydrogen-bond acceptors (Lipinski definition) is 5. The highest BCUT2D eigenvalue weighted by Crippen LogP contribution is 2.28. The van der Waals surface area contributed by atoms with Gasteiger partial charge in [-0.25, -0.2) is 4.98 Å². The molecule has 0 atom stereocenters. The van der Waals surface area contributed by atoms with Crippen LogP contribution in [0.2, 0.25) is 0 Å². The van der Waals surface area contributed by atoms with Crippen LogP contribution in [0.1, 0.15) is 16.1 Å². The molecule has 0 saturated carbocycles. The quantitative estimate of drug-likeness (QED) is 0.549. The number of aromatic nitrogens is 2. The minimum atomic E-state index is -0.236. The maximum absolute atomic E-state index is 12.7. The highest BCUT2D eigenvalue weighted by Gasteiger charge is 2.14. The lowest BCUT2D eigenvalue weighted by atomic mass is 10.1. The van der Waals surface area contributed by atoms with Crippen LogP contribution < -0.4 is 10.1 Å². The van der Waals surface area contributed by atoms with Gasteiger partial charge in [0.1, 0.15) is 16.5 Å². The van der Waals surface area contributed by atoms with Crippen molar-refractivity contribution in [2.75, 3.05) is 12.4 Å². The van der Waals surface area contributed by atoms with Crippen LogP contribution in [0.5, 0.6) is 5.75 Å². The molecular formula is C21H17N3O2S. The van der Waals surface area contributed by atoms with Gasteiger partial charge in [0.2, 0.25) is 0 Å². The average Bonchev–Trinajstić information content (AvgIpc) is 3.21. The molecule has 0 radical (unpaired) electrons. The van der Waals surface area contributed by atoms with Gasteiger partial charge in [0, 0.05) is 22.5 Å². The molecule has 2 aromatic carbocycles. The highest BCUT2D eigenvalue weighted by atomic mass is 32.1. The van der Waals surface area contributed by atoms with Gasteiger partial charge < -0.3 is 10.1 Å². The van der Waals surface area contributed by atoms with Gasteiger partial charge in [0.05, 0.1) is 18.3 Å². The lowest BCUT2D eigenvalue weighted by Gasteiger charge is -2.09. The van der Waals surface area contributed by atoms with Crippen LogP contribution in [-0.2, 0) is 0 Å². The molecule has 0 spiro atoms. The zero-order valence-corrected chi connectivity index (χ0v) is 15.7. The molecule has 0 unspecified atom stereocenters. The van der Waals surface area contributed by atoms with Crippen LogP contribution in [0, 0.1) is 6.92 Å². The van der Waals surface area contributed by atoms with Gasteiger partial charge in [-0.2, -0.15) is 0 Å². The number of benzene rings is 2. The normalized spacial score (nSPS) is 10.7. The number of fused-ring (bicyclic) bond motifs is 1. The van der Waals surface area contributed by atoms with E-state index in [4.69, 9.17) is 4.74 Å². The number of nitrogens with zero attached hydrogens (tertiary/aromatic N) is 2. The van der Waals surface area contributed by atoms with Crippen LogP contribution in [-0.4, -0.2) is 23.0 Å². The molecule has 27 heavy (non-hydrogen) atoms. The third kappa shape index (κ3) is 3.39. The lowest BCUT2D eigenvalue weighted by molar-refractivity contribution is 0.102. The molecule has 1 N–H and O–H groups in total. The summed E-state index contributed by atoms with van der Waals surface area (Å²) in [5.41, 5.74) is 4.02. The van der Waals surface area contributed by atoms with Crippen molar-refractivity contribution in [3.63, 3.8) is 0 Å². The number of methoxy groups -OCH3 is 1. The first-order valence-electron chi connectivity index (χ1n) is 8.41. The van der Waals surface area contributed by atoms with Crippen LogP contribution in [0.15, 0.2) is 60.1 Å². The van der Waals surface area contributed by atoms with E-state index in [0.29, 0.717) is 5.69 Å². The van der Waals surface area contributed by atoms with E-state index >= 15 is 0 Å². The highest BCUT2D eigenvalue weighted by molar-refractivity contribution is 7.13. The van der Waals surface area contributed by atoms with Crippen molar-refractivity contribution in [2.24, 2.45) is 0 Å². The Balaban J connectivity index is 1.59. The number of aryl methyl sites for hydroxylation is 1. The zero-order chi connectivity index (χ0) is 18.8. The zero-order valence-electron chi connectivity index (χ0n) is 14.9. The Morgan fingerprint density at radius 3 is 2.70 bits per heavy atom. The Labute approximate surface area is 160 Å². The molecule has 0 fully saturated rings. The van der Waals surface area contributed by atoms with Gasteiger partial charge in [-0.15, -0.1) is 11.3 Å². The Hall–Kier alpha value is -3.25. The van der Waals surface area contributed by atoms with Gasteiger partial charge in [-0.05, 0) is 55.0 Å². The molecule has 1 amide bonds. The van der Waals surface area contributed by atoms with E-state index in [1.54, 1.807) is 18.7 Å². The first kappa shape index (κ1) is 17.2. The average molecular weight is 375 g/mol. The second-order valence-corrected chi connectivity index (χ2v) is 6.91. The number of ether oxygens (including phenoxy) is 1. The summed E-state index contributed by atoms with van der Waals surface area (Å²) in [6.07, 6.45) is 1.75. The van der Waals surface area contributed by atoms with E-state index in [9.17, 15) is 4.79 Å². The van der Waals surface area contributed by atoms with E-state index in [1.807, 2.05) is 55.5 Å². The van der Waals surface area contributed by atoms with Crippen molar-refractivity contribution in [3.8, 4) is 16.3 Å². The second kappa shape index (κ2) is 7.17. The third-order valence-electron chi connectivity index (χ3n) is 4.29. The van der Waals surface area contributed by atoms with Crippen LogP contribution in [0.3, 0.4) is 0 Å². The number of carbonyl (C=O) groups excluding carboxylic acids is 1. The van der Waals surface area contributed by atoms with E-state index in [0.717, 1.165) is 38.5 Å². The predicted molar refractivity (Wildman–Crippen MR) is 109 cm³/mol. The topological polar surface area (TPSA) is 64.1 Å². The summed E-state index contributed by atoms with van der Waals surface area (Å²) in [6, 6.07) is 15.3. The third-order valence-corrected chi connectivity index (χ3v) is 5.18. The van der Waals surface area contributed by atoms with Crippen molar-refractivity contribution < 1.29 is 9.53 Å². The minimum Gasteiger partial charge on any atom is -0.497 e. The summed E-state index contributed by atoms with van der Waals surface area (Å²) in [7, 11) is 1.63. The maximum atomic E-state index is 12.7. The number of thiazole rings is 1. The SMILES string of the molecule is COc1ccc(-c2nc(C(=O)Nc3ccc(C)c4ncccc34)cs2)cc1. The monoisotopic (exact) mass is 375 g/mol. The Bertz CT molecular complexity index is 1120. The fourth-order valence-electron chi connectivity index (χ4n) is 2.85. The number of amides is 1. The first-order valence-corrected chi connectivity index (χ1v) is 9.29. The van der Waals surface area contributed by atoms with Gasteiger partial charge in [0.25, 0.3) is 5.91 Å². The number of rotatable bonds is 4. The fourth-order valence-corrected chi connectivity index (χ4v) is 3.66. The van der Waals surface area contributed by atoms with E-state index in [1.165, 1.54) is 11.3 Å².